The van der Waals surface area contributed by atoms with Gasteiger partial charge in [-0.2, -0.15) is 5.26 Å². The van der Waals surface area contributed by atoms with Gasteiger partial charge in [0.2, 0.25) is 5.91 Å². The number of amides is 1. The van der Waals surface area contributed by atoms with E-state index in [2.05, 4.69) is 0 Å². The normalized spacial score (nSPS) is 13.7. The van der Waals surface area contributed by atoms with Crippen molar-refractivity contribution < 1.29 is 17.9 Å². The standard InChI is InChI=1S/C23H21N3O4S/c1-2-30-19-12-10-18(11-13-19)25(15-5-14-24)22(27)16-26-20-8-3-6-17-7-4-9-21(23(17)20)31(26,28)29/h3-4,6-13H,2,5,15-16H2,1H3. The lowest BCUT2D eigenvalue weighted by Crippen LogP contribution is -2.42. The second-order valence-electron chi connectivity index (χ2n) is 7.02. The molecule has 1 aliphatic rings. The van der Waals surface area contributed by atoms with Gasteiger partial charge in [-0.15, -0.1) is 0 Å². The van der Waals surface area contributed by atoms with Gasteiger partial charge in [-0.05, 0) is 48.7 Å². The van der Waals surface area contributed by atoms with Gasteiger partial charge in [0.1, 0.15) is 12.3 Å². The molecule has 0 aromatic heterocycles. The minimum absolute atomic E-state index is 0.126. The van der Waals surface area contributed by atoms with Crippen molar-refractivity contribution in [3.63, 3.8) is 0 Å². The molecule has 1 aliphatic heterocycles. The number of carbonyl (C=O) groups is 1. The van der Waals surface area contributed by atoms with Crippen LogP contribution >= 0.6 is 0 Å². The van der Waals surface area contributed by atoms with E-state index in [0.29, 0.717) is 29.1 Å². The summed E-state index contributed by atoms with van der Waals surface area (Å²) < 4.78 is 32.9. The average Bonchev–Trinajstić information content (AvgIpc) is 2.99. The fraction of sp³-hybridized carbons (Fsp3) is 0.217. The molecule has 0 radical (unpaired) electrons. The van der Waals surface area contributed by atoms with Crippen LogP contribution in [0.1, 0.15) is 13.3 Å². The summed E-state index contributed by atoms with van der Waals surface area (Å²) in [6.45, 7) is 2.21. The van der Waals surface area contributed by atoms with Crippen molar-refractivity contribution >= 4 is 38.1 Å². The maximum atomic E-state index is 13.3. The Balaban J connectivity index is 1.66. The van der Waals surface area contributed by atoms with E-state index < -0.39 is 15.9 Å². The van der Waals surface area contributed by atoms with Crippen molar-refractivity contribution in [2.45, 2.75) is 18.2 Å². The Labute approximate surface area is 181 Å². The summed E-state index contributed by atoms with van der Waals surface area (Å²) in [5.41, 5.74) is 1.07. The predicted molar refractivity (Wildman–Crippen MR) is 119 cm³/mol. The topological polar surface area (TPSA) is 90.7 Å². The molecule has 158 valence electrons. The van der Waals surface area contributed by atoms with Crippen molar-refractivity contribution in [2.75, 3.05) is 28.9 Å². The third kappa shape index (κ3) is 3.68. The van der Waals surface area contributed by atoms with Crippen LogP contribution in [-0.2, 0) is 14.8 Å². The van der Waals surface area contributed by atoms with Crippen LogP contribution in [0.25, 0.3) is 10.8 Å². The molecule has 3 aromatic rings. The van der Waals surface area contributed by atoms with Crippen LogP contribution in [0.4, 0.5) is 11.4 Å². The minimum Gasteiger partial charge on any atom is -0.494 e. The quantitative estimate of drug-likeness (QED) is 0.564. The highest BCUT2D eigenvalue weighted by atomic mass is 32.2. The van der Waals surface area contributed by atoms with Gasteiger partial charge in [0.15, 0.2) is 0 Å². The van der Waals surface area contributed by atoms with E-state index in [-0.39, 0.29) is 24.4 Å². The maximum absolute atomic E-state index is 13.3. The maximum Gasteiger partial charge on any atom is 0.265 e. The number of nitriles is 1. The Morgan fingerprint density at radius 3 is 2.48 bits per heavy atom. The van der Waals surface area contributed by atoms with E-state index in [9.17, 15) is 13.2 Å². The van der Waals surface area contributed by atoms with Crippen molar-refractivity contribution in [3.05, 3.63) is 60.7 Å². The Morgan fingerprint density at radius 1 is 1.10 bits per heavy atom. The lowest BCUT2D eigenvalue weighted by molar-refractivity contribution is -0.117. The first-order chi connectivity index (χ1) is 15.0. The lowest BCUT2D eigenvalue weighted by atomic mass is 10.1. The smallest absolute Gasteiger partial charge is 0.265 e. The molecule has 4 rings (SSSR count). The van der Waals surface area contributed by atoms with Gasteiger partial charge in [0, 0.05) is 17.6 Å². The van der Waals surface area contributed by atoms with Crippen molar-refractivity contribution in [1.29, 1.82) is 5.26 Å². The van der Waals surface area contributed by atoms with Crippen LogP contribution in [-0.4, -0.2) is 34.0 Å². The molecule has 8 heteroatoms. The monoisotopic (exact) mass is 435 g/mol. The predicted octanol–water partition coefficient (Wildman–Crippen LogP) is 3.69. The van der Waals surface area contributed by atoms with Gasteiger partial charge in [-0.3, -0.25) is 9.10 Å². The number of hydrogen-bond acceptors (Lipinski definition) is 5. The minimum atomic E-state index is -3.84. The van der Waals surface area contributed by atoms with Gasteiger partial charge in [-0.25, -0.2) is 8.42 Å². The molecule has 0 unspecified atom stereocenters. The molecule has 1 amide bonds. The van der Waals surface area contributed by atoms with E-state index in [1.807, 2.05) is 25.1 Å². The van der Waals surface area contributed by atoms with E-state index in [1.54, 1.807) is 48.5 Å². The first-order valence-electron chi connectivity index (χ1n) is 9.92. The van der Waals surface area contributed by atoms with E-state index in [4.69, 9.17) is 10.00 Å². The summed E-state index contributed by atoms with van der Waals surface area (Å²) >= 11 is 0. The van der Waals surface area contributed by atoms with E-state index in [0.717, 1.165) is 9.69 Å². The summed E-state index contributed by atoms with van der Waals surface area (Å²) in [6, 6.07) is 19.4. The summed E-state index contributed by atoms with van der Waals surface area (Å²) in [4.78, 5) is 14.9. The molecule has 0 N–H and O–H groups in total. The fourth-order valence-corrected chi connectivity index (χ4v) is 5.45. The highest BCUT2D eigenvalue weighted by Gasteiger charge is 2.37. The second kappa shape index (κ2) is 8.28. The third-order valence-corrected chi connectivity index (χ3v) is 6.97. The molecule has 0 aliphatic carbocycles. The van der Waals surface area contributed by atoms with Crippen LogP contribution in [0, 0.1) is 11.3 Å². The molecular weight excluding hydrogens is 414 g/mol. The fourth-order valence-electron chi connectivity index (χ4n) is 3.79. The zero-order valence-electron chi connectivity index (χ0n) is 17.0. The largest absolute Gasteiger partial charge is 0.494 e. The zero-order valence-corrected chi connectivity index (χ0v) is 17.8. The highest BCUT2D eigenvalue weighted by Crippen LogP contribution is 2.41. The number of nitrogens with zero attached hydrogens (tertiary/aromatic N) is 3. The molecule has 1 heterocycles. The SMILES string of the molecule is CCOc1ccc(N(CCC#N)C(=O)CN2c3cccc4cccc(c34)S2(=O)=O)cc1. The Hall–Kier alpha value is -3.57. The van der Waals surface area contributed by atoms with Gasteiger partial charge in [0.25, 0.3) is 10.0 Å². The molecule has 7 nitrogen and oxygen atoms in total. The number of benzene rings is 3. The first kappa shape index (κ1) is 20.7. The summed E-state index contributed by atoms with van der Waals surface area (Å²) in [6.07, 6.45) is 0.126. The summed E-state index contributed by atoms with van der Waals surface area (Å²) in [7, 11) is -3.84. The summed E-state index contributed by atoms with van der Waals surface area (Å²) in [5, 5.41) is 10.5. The van der Waals surface area contributed by atoms with Crippen LogP contribution in [0.2, 0.25) is 0 Å². The molecule has 0 fully saturated rings. The zero-order chi connectivity index (χ0) is 22.0. The second-order valence-corrected chi connectivity index (χ2v) is 8.85. The molecule has 0 spiro atoms. The van der Waals surface area contributed by atoms with E-state index >= 15 is 0 Å². The van der Waals surface area contributed by atoms with Crippen molar-refractivity contribution in [2.24, 2.45) is 0 Å². The number of sulfonamides is 1. The highest BCUT2D eigenvalue weighted by molar-refractivity contribution is 7.93. The number of hydrogen-bond donors (Lipinski definition) is 0. The molecule has 3 aromatic carbocycles. The molecule has 0 bridgehead atoms. The van der Waals surface area contributed by atoms with Gasteiger partial charge in [0.05, 0.1) is 29.7 Å². The number of rotatable bonds is 7. The first-order valence-corrected chi connectivity index (χ1v) is 11.4. The molecule has 0 saturated heterocycles. The lowest BCUT2D eigenvalue weighted by Gasteiger charge is -2.26. The van der Waals surface area contributed by atoms with Crippen LogP contribution < -0.4 is 13.9 Å². The Bertz CT molecular complexity index is 1280. The molecule has 0 atom stereocenters. The van der Waals surface area contributed by atoms with E-state index in [1.165, 1.54) is 4.90 Å². The van der Waals surface area contributed by atoms with Crippen molar-refractivity contribution in [1.82, 2.24) is 0 Å². The van der Waals surface area contributed by atoms with Gasteiger partial charge < -0.3 is 9.64 Å². The third-order valence-electron chi connectivity index (χ3n) is 5.17. The van der Waals surface area contributed by atoms with Gasteiger partial charge in [-0.1, -0.05) is 24.3 Å². The molecular formula is C23H21N3O4S. The van der Waals surface area contributed by atoms with Crippen LogP contribution in [0.5, 0.6) is 5.75 Å². The van der Waals surface area contributed by atoms with Crippen molar-refractivity contribution in [3.8, 4) is 11.8 Å². The average molecular weight is 436 g/mol. The molecule has 31 heavy (non-hydrogen) atoms. The van der Waals surface area contributed by atoms with Gasteiger partial charge >= 0.3 is 0 Å². The van der Waals surface area contributed by atoms with Crippen LogP contribution in [0.3, 0.4) is 0 Å². The Kier molecular flexibility index (Phi) is 5.53. The number of ether oxygens (including phenoxy) is 1. The number of carbonyl (C=O) groups excluding carboxylic acids is 1. The van der Waals surface area contributed by atoms with Crippen LogP contribution in [0.15, 0.2) is 65.6 Å². The Morgan fingerprint density at radius 2 is 1.81 bits per heavy atom. The summed E-state index contributed by atoms with van der Waals surface area (Å²) in [5.74, 6) is 0.260. The molecule has 0 saturated carbocycles. The number of anilines is 2.